The Hall–Kier alpha value is -2.68. The number of halogens is 1. The number of rotatable bonds is 6. The SMILES string of the molecule is Cc1cc(OCc2ccc(/C=N/n3c(-c4cccs4)n[nH]c3=S)o2)ccc1Cl. The summed E-state index contributed by atoms with van der Waals surface area (Å²) in [6, 6.07) is 13.1. The van der Waals surface area contributed by atoms with Gasteiger partial charge in [-0.3, -0.25) is 0 Å². The van der Waals surface area contributed by atoms with Gasteiger partial charge in [0.15, 0.2) is 5.82 Å². The highest BCUT2D eigenvalue weighted by atomic mass is 35.5. The summed E-state index contributed by atoms with van der Waals surface area (Å²) in [6.45, 7) is 2.24. The van der Waals surface area contributed by atoms with Gasteiger partial charge in [-0.15, -0.1) is 11.3 Å². The van der Waals surface area contributed by atoms with Crippen LogP contribution in [0.25, 0.3) is 10.7 Å². The largest absolute Gasteiger partial charge is 0.486 e. The minimum Gasteiger partial charge on any atom is -0.486 e. The molecule has 0 aliphatic heterocycles. The first-order valence-corrected chi connectivity index (χ1v) is 10.00. The molecular formula is C19H15ClN4O2S2. The lowest BCUT2D eigenvalue weighted by atomic mass is 10.2. The van der Waals surface area contributed by atoms with Crippen LogP contribution >= 0.6 is 35.2 Å². The quantitative estimate of drug-likeness (QED) is 0.315. The molecule has 0 aliphatic rings. The standard InChI is InChI=1S/C19H15ClN4O2S2/c1-12-9-13(6-7-16(12)20)25-11-15-5-4-14(26-15)10-21-24-18(22-23-19(24)27)17-3-2-8-28-17/h2-10H,11H2,1H3,(H,23,27)/b21-10+. The number of aryl methyl sites for hydroxylation is 1. The van der Waals surface area contributed by atoms with E-state index in [0.29, 0.717) is 33.7 Å². The number of thiophene rings is 1. The van der Waals surface area contributed by atoms with Gasteiger partial charge in [-0.2, -0.15) is 14.9 Å². The second kappa shape index (κ2) is 8.14. The van der Waals surface area contributed by atoms with Crippen molar-refractivity contribution in [2.45, 2.75) is 13.5 Å². The summed E-state index contributed by atoms with van der Waals surface area (Å²) < 4.78 is 13.5. The molecule has 0 radical (unpaired) electrons. The van der Waals surface area contributed by atoms with E-state index in [2.05, 4.69) is 15.3 Å². The van der Waals surface area contributed by atoms with Crippen molar-refractivity contribution in [2.24, 2.45) is 5.10 Å². The summed E-state index contributed by atoms with van der Waals surface area (Å²) in [5.74, 6) is 2.66. The van der Waals surface area contributed by atoms with Gasteiger partial charge in [0.1, 0.15) is 23.9 Å². The fourth-order valence-corrected chi connectivity index (χ4v) is 3.48. The Kier molecular flexibility index (Phi) is 5.43. The molecule has 1 N–H and O–H groups in total. The summed E-state index contributed by atoms with van der Waals surface area (Å²) >= 11 is 12.9. The second-order valence-corrected chi connectivity index (χ2v) is 7.63. The summed E-state index contributed by atoms with van der Waals surface area (Å²) in [5, 5.41) is 14.1. The third-order valence-corrected chi connectivity index (χ3v) is 5.44. The number of ether oxygens (including phenoxy) is 1. The minimum absolute atomic E-state index is 0.306. The highest BCUT2D eigenvalue weighted by Crippen LogP contribution is 2.23. The lowest BCUT2D eigenvalue weighted by Crippen LogP contribution is -1.94. The van der Waals surface area contributed by atoms with Crippen molar-refractivity contribution >= 4 is 41.4 Å². The van der Waals surface area contributed by atoms with Crippen molar-refractivity contribution < 1.29 is 9.15 Å². The molecule has 0 spiro atoms. The van der Waals surface area contributed by atoms with E-state index in [1.54, 1.807) is 22.2 Å². The van der Waals surface area contributed by atoms with E-state index in [-0.39, 0.29) is 0 Å². The van der Waals surface area contributed by atoms with E-state index in [4.69, 9.17) is 33.0 Å². The Bertz CT molecular complexity index is 1170. The van der Waals surface area contributed by atoms with E-state index in [1.807, 2.05) is 54.8 Å². The van der Waals surface area contributed by atoms with Crippen LogP contribution in [0.4, 0.5) is 0 Å². The Morgan fingerprint density at radius 1 is 1.36 bits per heavy atom. The van der Waals surface area contributed by atoms with E-state index < -0.39 is 0 Å². The summed E-state index contributed by atoms with van der Waals surface area (Å²) in [7, 11) is 0. The van der Waals surface area contributed by atoms with Crippen LogP contribution in [0.1, 0.15) is 17.1 Å². The van der Waals surface area contributed by atoms with E-state index in [9.17, 15) is 0 Å². The molecule has 9 heteroatoms. The lowest BCUT2D eigenvalue weighted by Gasteiger charge is -2.05. The molecule has 0 saturated carbocycles. The normalized spacial score (nSPS) is 11.4. The third kappa shape index (κ3) is 4.09. The Morgan fingerprint density at radius 2 is 2.25 bits per heavy atom. The highest BCUT2D eigenvalue weighted by molar-refractivity contribution is 7.71. The van der Waals surface area contributed by atoms with Crippen molar-refractivity contribution in [1.29, 1.82) is 0 Å². The van der Waals surface area contributed by atoms with Gasteiger partial charge < -0.3 is 9.15 Å². The number of hydrogen-bond donors (Lipinski definition) is 1. The molecule has 0 atom stereocenters. The molecule has 3 aromatic heterocycles. The van der Waals surface area contributed by atoms with Crippen molar-refractivity contribution in [3.63, 3.8) is 0 Å². The number of aromatic amines is 1. The monoisotopic (exact) mass is 430 g/mol. The number of furan rings is 1. The van der Waals surface area contributed by atoms with Gasteiger partial charge in [-0.25, -0.2) is 5.10 Å². The molecule has 0 bridgehead atoms. The van der Waals surface area contributed by atoms with Gasteiger partial charge in [0.05, 0.1) is 11.1 Å². The lowest BCUT2D eigenvalue weighted by molar-refractivity contribution is 0.269. The smallest absolute Gasteiger partial charge is 0.216 e. The molecule has 3 heterocycles. The number of H-pyrrole nitrogens is 1. The van der Waals surface area contributed by atoms with Gasteiger partial charge in [-0.1, -0.05) is 17.7 Å². The van der Waals surface area contributed by atoms with E-state index >= 15 is 0 Å². The zero-order valence-electron chi connectivity index (χ0n) is 14.8. The fraction of sp³-hybridized carbons (Fsp3) is 0.105. The molecule has 0 saturated heterocycles. The summed E-state index contributed by atoms with van der Waals surface area (Å²) in [5.41, 5.74) is 0.963. The van der Waals surface area contributed by atoms with Crippen LogP contribution in [-0.4, -0.2) is 21.1 Å². The molecule has 0 fully saturated rings. The molecule has 4 rings (SSSR count). The van der Waals surface area contributed by atoms with E-state index in [1.165, 1.54) is 0 Å². The summed E-state index contributed by atoms with van der Waals surface area (Å²) in [4.78, 5) is 0.969. The van der Waals surface area contributed by atoms with Crippen molar-refractivity contribution in [3.05, 3.63) is 74.7 Å². The third-order valence-electron chi connectivity index (χ3n) is 3.89. The zero-order chi connectivity index (χ0) is 19.5. The predicted molar refractivity (Wildman–Crippen MR) is 113 cm³/mol. The first-order chi connectivity index (χ1) is 13.6. The number of nitrogens with one attached hydrogen (secondary N) is 1. The van der Waals surface area contributed by atoms with Crippen LogP contribution < -0.4 is 4.74 Å². The predicted octanol–water partition coefficient (Wildman–Crippen LogP) is 5.69. The molecule has 0 amide bonds. The van der Waals surface area contributed by atoms with Crippen LogP contribution in [0.2, 0.25) is 5.02 Å². The molecule has 28 heavy (non-hydrogen) atoms. The molecule has 4 aromatic rings. The van der Waals surface area contributed by atoms with Crippen LogP contribution in [0, 0.1) is 11.7 Å². The van der Waals surface area contributed by atoms with Crippen LogP contribution in [0.15, 0.2) is 57.4 Å². The summed E-state index contributed by atoms with van der Waals surface area (Å²) in [6.07, 6.45) is 1.60. The highest BCUT2D eigenvalue weighted by Gasteiger charge is 2.09. The maximum absolute atomic E-state index is 6.03. The van der Waals surface area contributed by atoms with Gasteiger partial charge in [0, 0.05) is 5.02 Å². The molecule has 1 aromatic carbocycles. The van der Waals surface area contributed by atoms with Crippen LogP contribution in [0.5, 0.6) is 5.75 Å². The van der Waals surface area contributed by atoms with Gasteiger partial charge in [0.2, 0.25) is 4.77 Å². The van der Waals surface area contributed by atoms with E-state index in [0.717, 1.165) is 16.2 Å². The van der Waals surface area contributed by atoms with Gasteiger partial charge >= 0.3 is 0 Å². The van der Waals surface area contributed by atoms with Crippen molar-refractivity contribution in [3.8, 4) is 16.5 Å². The number of benzene rings is 1. The Balaban J connectivity index is 1.46. The average Bonchev–Trinajstić information content (AvgIpc) is 3.42. The second-order valence-electron chi connectivity index (χ2n) is 5.89. The number of hydrogen-bond acceptors (Lipinski definition) is 6. The van der Waals surface area contributed by atoms with Crippen molar-refractivity contribution in [2.75, 3.05) is 0 Å². The van der Waals surface area contributed by atoms with Gasteiger partial charge in [0.25, 0.3) is 0 Å². The fourth-order valence-electron chi connectivity index (χ4n) is 2.48. The topological polar surface area (TPSA) is 68.3 Å². The zero-order valence-corrected chi connectivity index (χ0v) is 17.1. The maximum atomic E-state index is 6.03. The number of aromatic nitrogens is 3. The Labute approximate surface area is 175 Å². The van der Waals surface area contributed by atoms with Crippen LogP contribution in [-0.2, 0) is 6.61 Å². The average molecular weight is 431 g/mol. The first-order valence-electron chi connectivity index (χ1n) is 8.33. The molecule has 0 unspecified atom stereocenters. The maximum Gasteiger partial charge on any atom is 0.216 e. The Morgan fingerprint density at radius 3 is 3.04 bits per heavy atom. The minimum atomic E-state index is 0.306. The molecular weight excluding hydrogens is 416 g/mol. The first kappa shape index (κ1) is 18.7. The molecule has 142 valence electrons. The molecule has 0 aliphatic carbocycles. The molecule has 6 nitrogen and oxygen atoms in total. The number of nitrogens with zero attached hydrogens (tertiary/aromatic N) is 3. The van der Waals surface area contributed by atoms with Gasteiger partial charge in [-0.05, 0) is 66.5 Å². The van der Waals surface area contributed by atoms with Crippen molar-refractivity contribution in [1.82, 2.24) is 14.9 Å². The van der Waals surface area contributed by atoms with Crippen LogP contribution in [0.3, 0.4) is 0 Å².